The Morgan fingerprint density at radius 1 is 1.33 bits per heavy atom. The fourth-order valence-electron chi connectivity index (χ4n) is 1.23. The van der Waals surface area contributed by atoms with Crippen LogP contribution in [-0.4, -0.2) is 5.78 Å². The second kappa shape index (κ2) is 3.53. The highest BCUT2D eigenvalue weighted by molar-refractivity contribution is 5.97. The molecule has 0 atom stereocenters. The predicted molar refractivity (Wildman–Crippen MR) is 50.5 cm³/mol. The third kappa shape index (κ3) is 1.73. The van der Waals surface area contributed by atoms with Gasteiger partial charge in [-0.05, 0) is 25.5 Å². The molecule has 1 heteroatoms. The van der Waals surface area contributed by atoms with Crippen molar-refractivity contribution in [3.05, 3.63) is 34.9 Å². The number of ketones is 1. The number of Topliss-reactive ketones (excluding diaryl/α,β-unsaturated/α-hetero) is 1. The van der Waals surface area contributed by atoms with Crippen LogP contribution in [0.25, 0.3) is 0 Å². The lowest BCUT2D eigenvalue weighted by atomic mass is 10.0. The van der Waals surface area contributed by atoms with Crippen molar-refractivity contribution in [2.75, 3.05) is 0 Å². The van der Waals surface area contributed by atoms with Gasteiger partial charge < -0.3 is 0 Å². The molecule has 1 aromatic carbocycles. The van der Waals surface area contributed by atoms with Crippen LogP contribution in [0.1, 0.15) is 34.8 Å². The van der Waals surface area contributed by atoms with Crippen LogP contribution in [0.2, 0.25) is 0 Å². The third-order valence-corrected chi connectivity index (χ3v) is 2.01. The summed E-state index contributed by atoms with van der Waals surface area (Å²) in [6.45, 7) is 5.87. The maximum Gasteiger partial charge on any atom is 0.162 e. The van der Waals surface area contributed by atoms with E-state index in [1.54, 1.807) is 0 Å². The molecule has 0 aliphatic carbocycles. The van der Waals surface area contributed by atoms with Gasteiger partial charge in [-0.1, -0.05) is 24.6 Å². The lowest BCUT2D eigenvalue weighted by Gasteiger charge is -2.03. The van der Waals surface area contributed by atoms with E-state index < -0.39 is 0 Å². The van der Waals surface area contributed by atoms with Crippen molar-refractivity contribution >= 4 is 5.78 Å². The minimum atomic E-state index is 0.233. The highest BCUT2D eigenvalue weighted by Gasteiger charge is 2.05. The number of rotatable bonds is 2. The van der Waals surface area contributed by atoms with E-state index in [9.17, 15) is 4.79 Å². The molecule has 1 rings (SSSR count). The minimum absolute atomic E-state index is 0.233. The second-order valence-corrected chi connectivity index (χ2v) is 3.10. The first-order chi connectivity index (χ1) is 5.65. The molecule has 0 heterocycles. The average molecular weight is 162 g/mol. The van der Waals surface area contributed by atoms with E-state index >= 15 is 0 Å². The molecule has 0 saturated heterocycles. The molecule has 1 aromatic rings. The van der Waals surface area contributed by atoms with Crippen LogP contribution in [0.5, 0.6) is 0 Å². The smallest absolute Gasteiger partial charge is 0.162 e. The normalized spacial score (nSPS) is 9.92. The first kappa shape index (κ1) is 8.98. The van der Waals surface area contributed by atoms with Crippen LogP contribution in [0.3, 0.4) is 0 Å². The summed E-state index contributed by atoms with van der Waals surface area (Å²) in [6.07, 6.45) is 0.588. The topological polar surface area (TPSA) is 17.1 Å². The molecule has 0 bridgehead atoms. The molecule has 0 fully saturated rings. The van der Waals surface area contributed by atoms with Crippen LogP contribution in [0, 0.1) is 13.8 Å². The fraction of sp³-hybridized carbons (Fsp3) is 0.364. The number of carbonyl (C=O) groups is 1. The summed E-state index contributed by atoms with van der Waals surface area (Å²) in [7, 11) is 0. The summed E-state index contributed by atoms with van der Waals surface area (Å²) in [4.78, 5) is 11.4. The number of carbonyl (C=O) groups excluding carboxylic acids is 1. The van der Waals surface area contributed by atoms with Crippen molar-refractivity contribution in [1.29, 1.82) is 0 Å². The van der Waals surface area contributed by atoms with Gasteiger partial charge in [0, 0.05) is 12.0 Å². The number of benzene rings is 1. The third-order valence-electron chi connectivity index (χ3n) is 2.01. The predicted octanol–water partition coefficient (Wildman–Crippen LogP) is 2.90. The zero-order valence-electron chi connectivity index (χ0n) is 7.85. The van der Waals surface area contributed by atoms with E-state index in [1.165, 1.54) is 0 Å². The van der Waals surface area contributed by atoms with E-state index in [1.807, 2.05) is 39.0 Å². The van der Waals surface area contributed by atoms with Crippen molar-refractivity contribution in [2.45, 2.75) is 27.2 Å². The summed E-state index contributed by atoms with van der Waals surface area (Å²) < 4.78 is 0. The highest BCUT2D eigenvalue weighted by atomic mass is 16.1. The number of aryl methyl sites for hydroxylation is 2. The molecular formula is C11H14O. The molecule has 0 N–H and O–H groups in total. The van der Waals surface area contributed by atoms with Crippen molar-refractivity contribution in [1.82, 2.24) is 0 Å². The number of hydrogen-bond donors (Lipinski definition) is 0. The van der Waals surface area contributed by atoms with Gasteiger partial charge in [0.2, 0.25) is 0 Å². The molecule has 0 unspecified atom stereocenters. The van der Waals surface area contributed by atoms with Crippen LogP contribution >= 0.6 is 0 Å². The van der Waals surface area contributed by atoms with E-state index in [0.717, 1.165) is 16.7 Å². The quantitative estimate of drug-likeness (QED) is 0.611. The molecule has 12 heavy (non-hydrogen) atoms. The van der Waals surface area contributed by atoms with Crippen molar-refractivity contribution in [3.63, 3.8) is 0 Å². The van der Waals surface area contributed by atoms with Crippen LogP contribution < -0.4 is 0 Å². The van der Waals surface area contributed by atoms with Gasteiger partial charge in [-0.25, -0.2) is 0 Å². The van der Waals surface area contributed by atoms with Crippen molar-refractivity contribution in [2.24, 2.45) is 0 Å². The standard InChI is InChI=1S/C11H14O/c1-4-11(12)10-7-8(2)5-6-9(10)3/h5-7H,4H2,1-3H3. The van der Waals surface area contributed by atoms with Crippen molar-refractivity contribution in [3.8, 4) is 0 Å². The Labute approximate surface area is 73.4 Å². The van der Waals surface area contributed by atoms with Gasteiger partial charge in [-0.3, -0.25) is 4.79 Å². The van der Waals surface area contributed by atoms with Gasteiger partial charge in [-0.15, -0.1) is 0 Å². The molecule has 0 aliphatic rings. The molecule has 0 amide bonds. The highest BCUT2D eigenvalue weighted by Crippen LogP contribution is 2.12. The summed E-state index contributed by atoms with van der Waals surface area (Å²) in [5.74, 6) is 0.233. The summed E-state index contributed by atoms with van der Waals surface area (Å²) in [5, 5.41) is 0. The van der Waals surface area contributed by atoms with Crippen molar-refractivity contribution < 1.29 is 4.79 Å². The Balaban J connectivity index is 3.13. The molecule has 0 spiro atoms. The Morgan fingerprint density at radius 3 is 2.58 bits per heavy atom. The van der Waals surface area contributed by atoms with Gasteiger partial charge in [0.1, 0.15) is 0 Å². The first-order valence-electron chi connectivity index (χ1n) is 4.25. The molecule has 0 aromatic heterocycles. The van der Waals surface area contributed by atoms with Crippen LogP contribution in [0.15, 0.2) is 18.2 Å². The zero-order chi connectivity index (χ0) is 9.14. The average Bonchev–Trinajstić information content (AvgIpc) is 2.08. The summed E-state index contributed by atoms with van der Waals surface area (Å²) in [6, 6.07) is 5.99. The molecule has 0 saturated carbocycles. The van der Waals surface area contributed by atoms with Gasteiger partial charge in [0.05, 0.1) is 0 Å². The summed E-state index contributed by atoms with van der Waals surface area (Å²) >= 11 is 0. The van der Waals surface area contributed by atoms with Crippen LogP contribution in [-0.2, 0) is 0 Å². The SMILES string of the molecule is CCC(=O)c1cc(C)ccc1C. The molecule has 0 aliphatic heterocycles. The maximum atomic E-state index is 11.4. The van der Waals surface area contributed by atoms with E-state index in [-0.39, 0.29) is 5.78 Å². The Kier molecular flexibility index (Phi) is 2.64. The Bertz CT molecular complexity index is 300. The number of hydrogen-bond acceptors (Lipinski definition) is 1. The Morgan fingerprint density at radius 2 is 2.00 bits per heavy atom. The minimum Gasteiger partial charge on any atom is -0.294 e. The largest absolute Gasteiger partial charge is 0.294 e. The lowest BCUT2D eigenvalue weighted by molar-refractivity contribution is 0.0987. The van der Waals surface area contributed by atoms with E-state index in [4.69, 9.17) is 0 Å². The lowest BCUT2D eigenvalue weighted by Crippen LogP contribution is -1.99. The summed E-state index contributed by atoms with van der Waals surface area (Å²) in [5.41, 5.74) is 3.10. The zero-order valence-corrected chi connectivity index (χ0v) is 7.85. The second-order valence-electron chi connectivity index (χ2n) is 3.10. The molecular weight excluding hydrogens is 148 g/mol. The maximum absolute atomic E-state index is 11.4. The van der Waals surface area contributed by atoms with Gasteiger partial charge in [0.25, 0.3) is 0 Å². The van der Waals surface area contributed by atoms with Gasteiger partial charge in [-0.2, -0.15) is 0 Å². The van der Waals surface area contributed by atoms with Gasteiger partial charge in [0.15, 0.2) is 5.78 Å². The molecule has 1 nitrogen and oxygen atoms in total. The molecule has 64 valence electrons. The Hall–Kier alpha value is -1.11. The van der Waals surface area contributed by atoms with E-state index in [2.05, 4.69) is 0 Å². The first-order valence-corrected chi connectivity index (χ1v) is 4.25. The fourth-order valence-corrected chi connectivity index (χ4v) is 1.23. The van der Waals surface area contributed by atoms with Gasteiger partial charge >= 0.3 is 0 Å². The molecule has 0 radical (unpaired) electrons. The van der Waals surface area contributed by atoms with E-state index in [0.29, 0.717) is 6.42 Å². The van der Waals surface area contributed by atoms with Crippen LogP contribution in [0.4, 0.5) is 0 Å². The monoisotopic (exact) mass is 162 g/mol.